The van der Waals surface area contributed by atoms with Crippen molar-refractivity contribution in [2.24, 2.45) is 7.05 Å². The number of carboxylic acids is 1. The summed E-state index contributed by atoms with van der Waals surface area (Å²) in [6.45, 7) is 3.56. The van der Waals surface area contributed by atoms with Crippen molar-refractivity contribution in [2.75, 3.05) is 0 Å². The van der Waals surface area contributed by atoms with Gasteiger partial charge < -0.3 is 10.4 Å². The van der Waals surface area contributed by atoms with E-state index in [1.165, 1.54) is 10.9 Å². The van der Waals surface area contributed by atoms with E-state index in [9.17, 15) is 9.59 Å². The number of aliphatic carboxylic acids is 1. The molecule has 0 aliphatic rings. The summed E-state index contributed by atoms with van der Waals surface area (Å²) < 4.78 is 1.52. The van der Waals surface area contributed by atoms with Gasteiger partial charge in [0.25, 0.3) is 5.91 Å². The van der Waals surface area contributed by atoms with Gasteiger partial charge in [0.15, 0.2) is 0 Å². The second-order valence-corrected chi connectivity index (χ2v) is 4.34. The van der Waals surface area contributed by atoms with Crippen LogP contribution in [-0.2, 0) is 11.8 Å². The van der Waals surface area contributed by atoms with Gasteiger partial charge >= 0.3 is 5.97 Å². The Morgan fingerprint density at radius 1 is 1.59 bits per heavy atom. The van der Waals surface area contributed by atoms with Crippen LogP contribution in [0.25, 0.3) is 0 Å². The van der Waals surface area contributed by atoms with E-state index in [1.54, 1.807) is 20.2 Å². The van der Waals surface area contributed by atoms with Crippen LogP contribution in [0.15, 0.2) is 12.4 Å². The highest BCUT2D eigenvalue weighted by Gasteiger charge is 2.28. The number of carbonyl (C=O) groups excluding carboxylic acids is 1. The Morgan fingerprint density at radius 3 is 2.65 bits per heavy atom. The van der Waals surface area contributed by atoms with Crippen molar-refractivity contribution in [3.63, 3.8) is 0 Å². The van der Waals surface area contributed by atoms with E-state index in [4.69, 9.17) is 5.11 Å². The summed E-state index contributed by atoms with van der Waals surface area (Å²) in [7, 11) is 1.72. The zero-order chi connectivity index (χ0) is 13.1. The van der Waals surface area contributed by atoms with Crippen molar-refractivity contribution in [3.8, 4) is 0 Å². The summed E-state index contributed by atoms with van der Waals surface area (Å²) in [4.78, 5) is 22.6. The highest BCUT2D eigenvalue weighted by molar-refractivity contribution is 5.94. The van der Waals surface area contributed by atoms with Crippen LogP contribution in [0, 0.1) is 0 Å². The van der Waals surface area contributed by atoms with Gasteiger partial charge in [-0.2, -0.15) is 5.10 Å². The number of hydrogen-bond acceptors (Lipinski definition) is 3. The molecule has 0 saturated carbocycles. The van der Waals surface area contributed by atoms with Crippen molar-refractivity contribution in [2.45, 2.75) is 32.2 Å². The molecule has 17 heavy (non-hydrogen) atoms. The van der Waals surface area contributed by atoms with Crippen molar-refractivity contribution >= 4 is 11.9 Å². The number of aromatic nitrogens is 2. The number of carbonyl (C=O) groups is 2. The topological polar surface area (TPSA) is 84.2 Å². The summed E-state index contributed by atoms with van der Waals surface area (Å²) in [6.07, 6.45) is 3.49. The lowest BCUT2D eigenvalue weighted by Crippen LogP contribution is -2.46. The zero-order valence-electron chi connectivity index (χ0n) is 10.2. The number of aryl methyl sites for hydroxylation is 1. The standard InChI is InChI=1S/C11H17N3O3/c1-4-11(2,5-9(15)16)13-10(17)8-6-12-14(3)7-8/h6-7H,4-5H2,1-3H3,(H,13,17)(H,15,16). The van der Waals surface area contributed by atoms with Crippen molar-refractivity contribution in [1.82, 2.24) is 15.1 Å². The molecule has 1 heterocycles. The zero-order valence-corrected chi connectivity index (χ0v) is 10.2. The first-order chi connectivity index (χ1) is 7.86. The average Bonchev–Trinajstić information content (AvgIpc) is 2.63. The molecule has 0 spiro atoms. The maximum absolute atomic E-state index is 11.9. The lowest BCUT2D eigenvalue weighted by Gasteiger charge is -2.27. The lowest BCUT2D eigenvalue weighted by atomic mass is 9.94. The minimum Gasteiger partial charge on any atom is -0.481 e. The molecule has 1 unspecified atom stereocenters. The maximum Gasteiger partial charge on any atom is 0.305 e. The molecule has 0 aromatic carbocycles. The van der Waals surface area contributed by atoms with Gasteiger partial charge in [0.05, 0.1) is 18.2 Å². The fraction of sp³-hybridized carbons (Fsp3) is 0.545. The van der Waals surface area contributed by atoms with Crippen LogP contribution >= 0.6 is 0 Å². The number of nitrogens with one attached hydrogen (secondary N) is 1. The molecule has 6 heteroatoms. The van der Waals surface area contributed by atoms with Gasteiger partial charge in [0.1, 0.15) is 0 Å². The van der Waals surface area contributed by atoms with Crippen LogP contribution in [0.3, 0.4) is 0 Å². The van der Waals surface area contributed by atoms with Gasteiger partial charge in [-0.15, -0.1) is 0 Å². The summed E-state index contributed by atoms with van der Waals surface area (Å²) in [5.74, 6) is -1.23. The molecule has 1 aromatic rings. The molecule has 0 aliphatic heterocycles. The van der Waals surface area contributed by atoms with Gasteiger partial charge in [-0.05, 0) is 13.3 Å². The number of carboxylic acid groups (broad SMARTS) is 1. The molecule has 6 nitrogen and oxygen atoms in total. The minimum absolute atomic E-state index is 0.102. The predicted octanol–water partition coefficient (Wildman–Crippen LogP) is 0.793. The summed E-state index contributed by atoms with van der Waals surface area (Å²) in [5.41, 5.74) is -0.309. The highest BCUT2D eigenvalue weighted by Crippen LogP contribution is 2.15. The van der Waals surface area contributed by atoms with E-state index >= 15 is 0 Å². The van der Waals surface area contributed by atoms with E-state index in [0.717, 1.165) is 0 Å². The first kappa shape index (κ1) is 13.2. The monoisotopic (exact) mass is 239 g/mol. The number of amides is 1. The van der Waals surface area contributed by atoms with E-state index in [2.05, 4.69) is 10.4 Å². The lowest BCUT2D eigenvalue weighted by molar-refractivity contribution is -0.138. The van der Waals surface area contributed by atoms with Gasteiger partial charge in [-0.1, -0.05) is 6.92 Å². The second-order valence-electron chi connectivity index (χ2n) is 4.34. The van der Waals surface area contributed by atoms with Gasteiger partial charge in [-0.25, -0.2) is 0 Å². The Bertz CT molecular complexity index is 427. The molecule has 1 amide bonds. The summed E-state index contributed by atoms with van der Waals surface area (Å²) >= 11 is 0. The third-order valence-corrected chi connectivity index (χ3v) is 2.70. The van der Waals surface area contributed by atoms with Gasteiger partial charge in [0, 0.05) is 18.8 Å². The van der Waals surface area contributed by atoms with Crippen molar-refractivity contribution < 1.29 is 14.7 Å². The first-order valence-corrected chi connectivity index (χ1v) is 5.39. The maximum atomic E-state index is 11.9. The highest BCUT2D eigenvalue weighted by atomic mass is 16.4. The van der Waals surface area contributed by atoms with Crippen LogP contribution in [0.5, 0.6) is 0 Å². The van der Waals surface area contributed by atoms with Crippen LogP contribution in [0.4, 0.5) is 0 Å². The summed E-state index contributed by atoms with van der Waals surface area (Å²) in [5, 5.41) is 15.4. The normalized spacial score (nSPS) is 14.1. The summed E-state index contributed by atoms with van der Waals surface area (Å²) in [6, 6.07) is 0. The van der Waals surface area contributed by atoms with Crippen molar-refractivity contribution in [1.29, 1.82) is 0 Å². The second kappa shape index (κ2) is 4.99. The SMILES string of the molecule is CCC(C)(CC(=O)O)NC(=O)c1cnn(C)c1. The van der Waals surface area contributed by atoms with Gasteiger partial charge in [0.2, 0.25) is 0 Å². The largest absolute Gasteiger partial charge is 0.481 e. The molecule has 2 N–H and O–H groups in total. The minimum atomic E-state index is -0.930. The number of nitrogens with zero attached hydrogens (tertiary/aromatic N) is 2. The molecule has 1 aromatic heterocycles. The van der Waals surface area contributed by atoms with E-state index < -0.39 is 11.5 Å². The quantitative estimate of drug-likeness (QED) is 0.795. The first-order valence-electron chi connectivity index (χ1n) is 5.39. The molecular weight excluding hydrogens is 222 g/mol. The van der Waals surface area contributed by atoms with Crippen LogP contribution in [0.2, 0.25) is 0 Å². The van der Waals surface area contributed by atoms with E-state index in [1.807, 2.05) is 6.92 Å². The van der Waals surface area contributed by atoms with E-state index in [-0.39, 0.29) is 12.3 Å². The van der Waals surface area contributed by atoms with E-state index in [0.29, 0.717) is 12.0 Å². The Balaban J connectivity index is 2.74. The molecular formula is C11H17N3O3. The Kier molecular flexibility index (Phi) is 3.88. The Morgan fingerprint density at radius 2 is 2.24 bits per heavy atom. The molecule has 0 bridgehead atoms. The average molecular weight is 239 g/mol. The molecule has 0 fully saturated rings. The van der Waals surface area contributed by atoms with Crippen LogP contribution < -0.4 is 5.32 Å². The molecule has 0 saturated heterocycles. The van der Waals surface area contributed by atoms with Gasteiger partial charge in [-0.3, -0.25) is 14.3 Å². The molecule has 1 rings (SSSR count). The van der Waals surface area contributed by atoms with Crippen LogP contribution in [-0.4, -0.2) is 32.3 Å². The molecule has 94 valence electrons. The Hall–Kier alpha value is -1.85. The van der Waals surface area contributed by atoms with Crippen LogP contribution in [0.1, 0.15) is 37.0 Å². The number of rotatable bonds is 5. The predicted molar refractivity (Wildman–Crippen MR) is 61.6 cm³/mol. The van der Waals surface area contributed by atoms with Crippen molar-refractivity contribution in [3.05, 3.63) is 18.0 Å². The fourth-order valence-corrected chi connectivity index (χ4v) is 1.48. The smallest absolute Gasteiger partial charge is 0.305 e. The third-order valence-electron chi connectivity index (χ3n) is 2.70. The molecule has 0 aliphatic carbocycles. The molecule has 0 radical (unpaired) electrons. The Labute approximate surface area is 99.6 Å². The third kappa shape index (κ3) is 3.58. The number of hydrogen-bond donors (Lipinski definition) is 2. The fourth-order valence-electron chi connectivity index (χ4n) is 1.48. The molecule has 1 atom stereocenters.